The maximum Gasteiger partial charge on any atom is 0.262 e. The van der Waals surface area contributed by atoms with E-state index in [9.17, 15) is 4.79 Å². The van der Waals surface area contributed by atoms with E-state index in [0.29, 0.717) is 0 Å². The van der Waals surface area contributed by atoms with Gasteiger partial charge in [-0.05, 0) is 19.1 Å². The number of fused-ring (bicyclic) bond motifs is 3. The summed E-state index contributed by atoms with van der Waals surface area (Å²) in [5.41, 5.74) is 1.25. The molecule has 0 saturated carbocycles. The SMILES string of the molecule is Cc1ccc2sc3c(c2c1)SCCNC3=O. The molecule has 0 bridgehead atoms. The Bertz CT molecular complexity index is 574. The Labute approximate surface area is 102 Å². The van der Waals surface area contributed by atoms with Crippen molar-refractivity contribution in [3.05, 3.63) is 28.6 Å². The lowest BCUT2D eigenvalue weighted by molar-refractivity contribution is 0.0959. The summed E-state index contributed by atoms with van der Waals surface area (Å²) >= 11 is 3.38. The Hall–Kier alpha value is -1.00. The number of aryl methyl sites for hydroxylation is 1. The minimum Gasteiger partial charge on any atom is -0.350 e. The molecule has 16 heavy (non-hydrogen) atoms. The summed E-state index contributed by atoms with van der Waals surface area (Å²) < 4.78 is 1.21. The molecule has 1 N–H and O–H groups in total. The Morgan fingerprint density at radius 2 is 2.25 bits per heavy atom. The zero-order valence-corrected chi connectivity index (χ0v) is 10.5. The van der Waals surface area contributed by atoms with Gasteiger partial charge in [-0.15, -0.1) is 23.1 Å². The fourth-order valence-electron chi connectivity index (χ4n) is 1.88. The fraction of sp³-hybridized carbons (Fsp3) is 0.250. The first-order valence-electron chi connectivity index (χ1n) is 5.20. The van der Waals surface area contributed by atoms with E-state index in [1.807, 2.05) is 0 Å². The molecule has 0 atom stereocenters. The van der Waals surface area contributed by atoms with E-state index in [1.54, 1.807) is 23.1 Å². The average molecular weight is 249 g/mol. The number of carbonyl (C=O) groups is 1. The number of rotatable bonds is 0. The molecule has 4 heteroatoms. The Kier molecular flexibility index (Phi) is 2.41. The van der Waals surface area contributed by atoms with Crippen molar-refractivity contribution in [3.8, 4) is 0 Å². The van der Waals surface area contributed by atoms with Crippen molar-refractivity contribution in [1.29, 1.82) is 0 Å². The van der Waals surface area contributed by atoms with Crippen molar-refractivity contribution < 1.29 is 4.79 Å². The lowest BCUT2D eigenvalue weighted by atomic mass is 10.2. The van der Waals surface area contributed by atoms with Crippen LogP contribution in [0.5, 0.6) is 0 Å². The van der Waals surface area contributed by atoms with Crippen molar-refractivity contribution in [3.63, 3.8) is 0 Å². The maximum absolute atomic E-state index is 11.8. The summed E-state index contributed by atoms with van der Waals surface area (Å²) in [6, 6.07) is 6.38. The molecule has 0 spiro atoms. The molecule has 3 rings (SSSR count). The highest BCUT2D eigenvalue weighted by Gasteiger charge is 2.20. The van der Waals surface area contributed by atoms with E-state index in [2.05, 4.69) is 30.4 Å². The highest BCUT2D eigenvalue weighted by atomic mass is 32.2. The van der Waals surface area contributed by atoms with Gasteiger partial charge in [-0.25, -0.2) is 0 Å². The van der Waals surface area contributed by atoms with Gasteiger partial charge in [-0.2, -0.15) is 0 Å². The van der Waals surface area contributed by atoms with E-state index in [0.717, 1.165) is 17.2 Å². The van der Waals surface area contributed by atoms with Crippen LogP contribution in [0, 0.1) is 6.92 Å². The van der Waals surface area contributed by atoms with Crippen LogP contribution in [-0.2, 0) is 0 Å². The fourth-order valence-corrected chi connectivity index (χ4v) is 4.20. The summed E-state index contributed by atoms with van der Waals surface area (Å²) in [6.45, 7) is 2.85. The monoisotopic (exact) mass is 249 g/mol. The lowest BCUT2D eigenvalue weighted by Gasteiger charge is -1.97. The number of nitrogens with one attached hydrogen (secondary N) is 1. The van der Waals surface area contributed by atoms with Crippen molar-refractivity contribution >= 4 is 39.1 Å². The van der Waals surface area contributed by atoms with Crippen molar-refractivity contribution in [1.82, 2.24) is 5.32 Å². The van der Waals surface area contributed by atoms with E-state index >= 15 is 0 Å². The van der Waals surface area contributed by atoms with Crippen LogP contribution in [0.4, 0.5) is 0 Å². The lowest BCUT2D eigenvalue weighted by Crippen LogP contribution is -2.22. The smallest absolute Gasteiger partial charge is 0.262 e. The predicted octanol–water partition coefficient (Wildman–Crippen LogP) is 3.05. The third-order valence-electron chi connectivity index (χ3n) is 2.64. The molecule has 1 aromatic carbocycles. The van der Waals surface area contributed by atoms with Crippen LogP contribution in [0.25, 0.3) is 10.1 Å². The second-order valence-corrected chi connectivity index (χ2v) is 6.02. The number of carbonyl (C=O) groups excluding carboxylic acids is 1. The van der Waals surface area contributed by atoms with Crippen LogP contribution in [0.15, 0.2) is 23.1 Å². The van der Waals surface area contributed by atoms with Gasteiger partial charge in [-0.3, -0.25) is 4.79 Å². The minimum absolute atomic E-state index is 0.0823. The molecule has 2 heterocycles. The quantitative estimate of drug-likeness (QED) is 0.777. The van der Waals surface area contributed by atoms with Crippen LogP contribution in [0.3, 0.4) is 0 Å². The van der Waals surface area contributed by atoms with Crippen LogP contribution in [0.1, 0.15) is 15.2 Å². The Morgan fingerprint density at radius 1 is 1.38 bits per heavy atom. The molecule has 0 aliphatic carbocycles. The summed E-state index contributed by atoms with van der Waals surface area (Å²) in [7, 11) is 0. The first-order chi connectivity index (χ1) is 7.75. The summed E-state index contributed by atoms with van der Waals surface area (Å²) in [4.78, 5) is 13.9. The molecule has 1 aliphatic rings. The normalized spacial score (nSPS) is 15.7. The topological polar surface area (TPSA) is 29.1 Å². The largest absolute Gasteiger partial charge is 0.350 e. The number of amides is 1. The predicted molar refractivity (Wildman–Crippen MR) is 69.6 cm³/mol. The Balaban J connectivity index is 2.30. The van der Waals surface area contributed by atoms with E-state index in [4.69, 9.17) is 0 Å². The molecule has 1 aromatic heterocycles. The second kappa shape index (κ2) is 3.79. The van der Waals surface area contributed by atoms with Gasteiger partial charge in [0.25, 0.3) is 5.91 Å². The van der Waals surface area contributed by atoms with Crippen LogP contribution in [-0.4, -0.2) is 18.2 Å². The van der Waals surface area contributed by atoms with Gasteiger partial charge in [0.1, 0.15) is 4.88 Å². The maximum atomic E-state index is 11.8. The molecule has 1 aliphatic heterocycles. The highest BCUT2D eigenvalue weighted by molar-refractivity contribution is 7.99. The number of hydrogen-bond donors (Lipinski definition) is 1. The molecule has 0 radical (unpaired) electrons. The van der Waals surface area contributed by atoms with Gasteiger partial charge in [0, 0.05) is 27.3 Å². The van der Waals surface area contributed by atoms with Crippen LogP contribution >= 0.6 is 23.1 Å². The third kappa shape index (κ3) is 1.53. The second-order valence-electron chi connectivity index (χ2n) is 3.86. The van der Waals surface area contributed by atoms with Gasteiger partial charge < -0.3 is 5.32 Å². The first kappa shape index (κ1) is 10.2. The summed E-state index contributed by atoms with van der Waals surface area (Å²) in [5.74, 6) is 1.04. The summed E-state index contributed by atoms with van der Waals surface area (Å²) in [6.07, 6.45) is 0. The van der Waals surface area contributed by atoms with E-state index in [-0.39, 0.29) is 5.91 Å². The van der Waals surface area contributed by atoms with Gasteiger partial charge in [0.2, 0.25) is 0 Å². The molecule has 82 valence electrons. The molecule has 2 aromatic rings. The number of thioether (sulfide) groups is 1. The average Bonchev–Trinajstić information content (AvgIpc) is 2.52. The van der Waals surface area contributed by atoms with Crippen molar-refractivity contribution in [2.75, 3.05) is 12.3 Å². The standard InChI is InChI=1S/C12H11NOS2/c1-7-2-3-9-8(6-7)10-11(16-9)12(14)13-4-5-15-10/h2-3,6H,4-5H2,1H3,(H,13,14). The molecule has 1 amide bonds. The molecule has 2 nitrogen and oxygen atoms in total. The van der Waals surface area contributed by atoms with Gasteiger partial charge in [0.15, 0.2) is 0 Å². The number of thiophene rings is 1. The molecule has 0 fully saturated rings. The first-order valence-corrected chi connectivity index (χ1v) is 7.00. The molecule has 0 unspecified atom stereocenters. The van der Waals surface area contributed by atoms with Crippen molar-refractivity contribution in [2.24, 2.45) is 0 Å². The molecule has 0 saturated heterocycles. The van der Waals surface area contributed by atoms with Crippen LogP contribution < -0.4 is 5.32 Å². The summed E-state index contributed by atoms with van der Waals surface area (Å²) in [5, 5.41) is 4.16. The number of hydrogen-bond acceptors (Lipinski definition) is 3. The van der Waals surface area contributed by atoms with E-state index < -0.39 is 0 Å². The highest BCUT2D eigenvalue weighted by Crippen LogP contribution is 2.39. The number of benzene rings is 1. The molecular formula is C12H11NOS2. The van der Waals surface area contributed by atoms with Gasteiger partial charge in [0.05, 0.1) is 0 Å². The van der Waals surface area contributed by atoms with Gasteiger partial charge >= 0.3 is 0 Å². The zero-order chi connectivity index (χ0) is 11.1. The molecular weight excluding hydrogens is 238 g/mol. The van der Waals surface area contributed by atoms with Gasteiger partial charge in [-0.1, -0.05) is 11.6 Å². The van der Waals surface area contributed by atoms with Crippen LogP contribution in [0.2, 0.25) is 0 Å². The van der Waals surface area contributed by atoms with E-state index in [1.165, 1.54) is 20.5 Å². The zero-order valence-electron chi connectivity index (χ0n) is 8.87. The third-order valence-corrected chi connectivity index (χ3v) is 5.06. The van der Waals surface area contributed by atoms with Crippen molar-refractivity contribution in [2.45, 2.75) is 11.8 Å². The Morgan fingerprint density at radius 3 is 3.12 bits per heavy atom. The minimum atomic E-state index is 0.0823.